The number of aromatic nitrogens is 2. The van der Waals surface area contributed by atoms with Crippen LogP contribution in [-0.4, -0.2) is 54.4 Å². The summed E-state index contributed by atoms with van der Waals surface area (Å²) in [4.78, 5) is 14.7. The van der Waals surface area contributed by atoms with Crippen molar-refractivity contribution in [3.8, 4) is 5.88 Å². The van der Waals surface area contributed by atoms with Crippen molar-refractivity contribution in [3.63, 3.8) is 0 Å². The molecule has 0 saturated carbocycles. The quantitative estimate of drug-likeness (QED) is 0.850. The first-order valence-corrected chi connectivity index (χ1v) is 6.63. The van der Waals surface area contributed by atoms with Gasteiger partial charge in [0.2, 0.25) is 11.8 Å². The van der Waals surface area contributed by atoms with Crippen molar-refractivity contribution in [2.24, 2.45) is 4.99 Å². The lowest BCUT2D eigenvalue weighted by Crippen LogP contribution is -2.41. The Balaban J connectivity index is 2.26. The first kappa shape index (κ1) is 14.8. The summed E-state index contributed by atoms with van der Waals surface area (Å²) in [7, 11) is 3.19. The Labute approximate surface area is 123 Å². The molecule has 1 aliphatic rings. The third kappa shape index (κ3) is 2.94. The largest absolute Gasteiger partial charge is 0.479 e. The first-order valence-electron chi connectivity index (χ1n) is 6.25. The lowest BCUT2D eigenvalue weighted by Gasteiger charge is -2.26. The zero-order chi connectivity index (χ0) is 14.7. The molecule has 0 amide bonds. The fourth-order valence-electron chi connectivity index (χ4n) is 1.93. The molecule has 0 radical (unpaired) electrons. The molecule has 0 spiro atoms. The number of nitrogens with one attached hydrogen (secondary N) is 1. The fraction of sp³-hybridized carbons (Fsp3) is 0.583. The Morgan fingerprint density at radius 1 is 1.35 bits per heavy atom. The molecule has 1 aliphatic heterocycles. The molecule has 7 nitrogen and oxygen atoms in total. The maximum absolute atomic E-state index is 6.15. The van der Waals surface area contributed by atoms with Crippen molar-refractivity contribution in [1.29, 1.82) is 0 Å². The predicted molar refractivity (Wildman–Crippen MR) is 77.4 cm³/mol. The summed E-state index contributed by atoms with van der Waals surface area (Å²) < 4.78 is 10.6. The van der Waals surface area contributed by atoms with Crippen LogP contribution in [0.25, 0.3) is 0 Å². The van der Waals surface area contributed by atoms with Gasteiger partial charge in [-0.3, -0.25) is 4.99 Å². The Kier molecular flexibility index (Phi) is 4.61. The summed E-state index contributed by atoms with van der Waals surface area (Å²) in [5.74, 6) is 1.61. The average Bonchev–Trinajstić information content (AvgIpc) is 2.88. The highest BCUT2D eigenvalue weighted by molar-refractivity contribution is 6.32. The highest BCUT2D eigenvalue weighted by atomic mass is 35.5. The van der Waals surface area contributed by atoms with Crippen molar-refractivity contribution >= 4 is 23.2 Å². The van der Waals surface area contributed by atoms with Crippen LogP contribution >= 0.6 is 11.6 Å². The van der Waals surface area contributed by atoms with E-state index < -0.39 is 0 Å². The molecule has 2 rings (SSSR count). The van der Waals surface area contributed by atoms with Crippen LogP contribution in [-0.2, 0) is 4.74 Å². The van der Waals surface area contributed by atoms with Crippen LogP contribution in [0.4, 0.5) is 5.69 Å². The van der Waals surface area contributed by atoms with Crippen molar-refractivity contribution in [2.75, 3.05) is 32.6 Å². The van der Waals surface area contributed by atoms with Gasteiger partial charge in [-0.1, -0.05) is 11.6 Å². The van der Waals surface area contributed by atoms with E-state index in [4.69, 9.17) is 21.1 Å². The first-order chi connectivity index (χ1) is 9.56. The van der Waals surface area contributed by atoms with Gasteiger partial charge < -0.3 is 19.7 Å². The van der Waals surface area contributed by atoms with E-state index in [9.17, 15) is 0 Å². The molecule has 0 aliphatic carbocycles. The Bertz CT molecular complexity index is 523. The molecule has 0 fully saturated rings. The van der Waals surface area contributed by atoms with Crippen LogP contribution in [0.15, 0.2) is 4.99 Å². The van der Waals surface area contributed by atoms with Crippen molar-refractivity contribution in [3.05, 3.63) is 11.0 Å². The topological polar surface area (TPSA) is 71.9 Å². The van der Waals surface area contributed by atoms with Gasteiger partial charge in [-0.25, -0.2) is 4.98 Å². The number of guanidine groups is 1. The molecular weight excluding hydrogens is 282 g/mol. The van der Waals surface area contributed by atoms with Gasteiger partial charge in [-0.2, -0.15) is 4.98 Å². The van der Waals surface area contributed by atoms with Crippen molar-refractivity contribution in [2.45, 2.75) is 20.1 Å². The molecule has 1 aromatic rings. The molecule has 8 heteroatoms. The maximum atomic E-state index is 6.15. The molecule has 0 saturated heterocycles. The normalized spacial score (nSPS) is 16.1. The second-order valence-corrected chi connectivity index (χ2v) is 4.66. The van der Waals surface area contributed by atoms with Gasteiger partial charge in [0.25, 0.3) is 0 Å². The second-order valence-electron chi connectivity index (χ2n) is 4.30. The number of halogens is 1. The minimum absolute atomic E-state index is 0.0834. The Hall–Kier alpha value is -1.60. The number of aliphatic imine (C=N–C) groups is 1. The number of methoxy groups -OCH3 is 2. The lowest BCUT2D eigenvalue weighted by molar-refractivity contribution is 0.0278. The van der Waals surface area contributed by atoms with E-state index in [1.54, 1.807) is 14.0 Å². The third-order valence-electron chi connectivity index (χ3n) is 3.03. The number of ether oxygens (including phenoxy) is 2. The van der Waals surface area contributed by atoms with Gasteiger partial charge in [0.15, 0.2) is 5.15 Å². The predicted octanol–water partition coefficient (Wildman–Crippen LogP) is 1.52. The molecule has 1 unspecified atom stereocenters. The van der Waals surface area contributed by atoms with Crippen LogP contribution < -0.4 is 10.1 Å². The fourth-order valence-corrected chi connectivity index (χ4v) is 2.18. The smallest absolute Gasteiger partial charge is 0.242 e. The summed E-state index contributed by atoms with van der Waals surface area (Å²) in [6.45, 7) is 5.18. The van der Waals surface area contributed by atoms with Gasteiger partial charge in [-0.15, -0.1) is 0 Å². The Morgan fingerprint density at radius 3 is 2.75 bits per heavy atom. The van der Waals surface area contributed by atoms with Gasteiger partial charge >= 0.3 is 0 Å². The SMILES string of the molecule is COc1nc(C)nc(Cl)c1NC1=NCCN1C(C)OC. The number of aryl methyl sites for hydroxylation is 1. The van der Waals surface area contributed by atoms with E-state index in [0.29, 0.717) is 35.0 Å². The van der Waals surface area contributed by atoms with Gasteiger partial charge in [0.1, 0.15) is 17.7 Å². The molecule has 110 valence electrons. The molecule has 1 N–H and O–H groups in total. The van der Waals surface area contributed by atoms with Crippen molar-refractivity contribution in [1.82, 2.24) is 14.9 Å². The van der Waals surface area contributed by atoms with Crippen LogP contribution in [0.2, 0.25) is 5.15 Å². The summed E-state index contributed by atoms with van der Waals surface area (Å²) in [6, 6.07) is 0. The minimum atomic E-state index is -0.0834. The standard InChI is InChI=1S/C12H18ClN5O2/c1-7-15-10(13)9(11(16-7)20-4)17-12-14-5-6-18(12)8(2)19-3/h8H,5-6H2,1-4H3,(H,14,17). The highest BCUT2D eigenvalue weighted by Gasteiger charge is 2.24. The summed E-state index contributed by atoms with van der Waals surface area (Å²) in [5.41, 5.74) is 0.508. The molecule has 2 heterocycles. The van der Waals surface area contributed by atoms with E-state index in [1.165, 1.54) is 7.11 Å². The van der Waals surface area contributed by atoms with E-state index in [0.717, 1.165) is 6.54 Å². The molecule has 20 heavy (non-hydrogen) atoms. The number of hydrogen-bond acceptors (Lipinski definition) is 7. The number of rotatable bonds is 4. The second kappa shape index (κ2) is 6.23. The summed E-state index contributed by atoms with van der Waals surface area (Å²) in [6.07, 6.45) is -0.0834. The number of anilines is 1. The highest BCUT2D eigenvalue weighted by Crippen LogP contribution is 2.29. The maximum Gasteiger partial charge on any atom is 0.242 e. The summed E-state index contributed by atoms with van der Waals surface area (Å²) >= 11 is 6.15. The van der Waals surface area contributed by atoms with Gasteiger partial charge in [0, 0.05) is 13.7 Å². The van der Waals surface area contributed by atoms with E-state index in [2.05, 4.69) is 20.3 Å². The molecule has 0 bridgehead atoms. The van der Waals surface area contributed by atoms with Crippen LogP contribution in [0.3, 0.4) is 0 Å². The van der Waals surface area contributed by atoms with E-state index in [1.807, 2.05) is 11.8 Å². The van der Waals surface area contributed by atoms with E-state index in [-0.39, 0.29) is 6.23 Å². The summed E-state index contributed by atoms with van der Waals surface area (Å²) in [5, 5.41) is 3.44. The average molecular weight is 300 g/mol. The van der Waals surface area contributed by atoms with Crippen LogP contribution in [0.5, 0.6) is 5.88 Å². The molecule has 1 aromatic heterocycles. The molecule has 0 aromatic carbocycles. The van der Waals surface area contributed by atoms with Gasteiger partial charge in [0.05, 0.1) is 13.7 Å². The minimum Gasteiger partial charge on any atom is -0.479 e. The number of nitrogens with zero attached hydrogens (tertiary/aromatic N) is 4. The Morgan fingerprint density at radius 2 is 2.10 bits per heavy atom. The molecule has 1 atom stereocenters. The van der Waals surface area contributed by atoms with E-state index >= 15 is 0 Å². The van der Waals surface area contributed by atoms with Crippen molar-refractivity contribution < 1.29 is 9.47 Å². The zero-order valence-corrected chi connectivity index (χ0v) is 12.7. The third-order valence-corrected chi connectivity index (χ3v) is 3.30. The number of hydrogen-bond donors (Lipinski definition) is 1. The van der Waals surface area contributed by atoms with Crippen LogP contribution in [0.1, 0.15) is 12.7 Å². The molecular formula is C12H18ClN5O2. The lowest BCUT2D eigenvalue weighted by atomic mass is 10.4. The monoisotopic (exact) mass is 299 g/mol. The van der Waals surface area contributed by atoms with Gasteiger partial charge in [-0.05, 0) is 13.8 Å². The van der Waals surface area contributed by atoms with Crippen LogP contribution in [0, 0.1) is 6.92 Å². The zero-order valence-electron chi connectivity index (χ0n) is 12.0.